The van der Waals surface area contributed by atoms with Gasteiger partial charge in [-0.1, -0.05) is 17.7 Å². The van der Waals surface area contributed by atoms with E-state index >= 15 is 0 Å². The summed E-state index contributed by atoms with van der Waals surface area (Å²) >= 11 is 13.6. The van der Waals surface area contributed by atoms with E-state index in [1.54, 1.807) is 11.3 Å². The second-order valence-electron chi connectivity index (χ2n) is 7.66. The molecule has 2 aromatic heterocycles. The van der Waals surface area contributed by atoms with Crippen LogP contribution in [0.4, 0.5) is 5.69 Å². The van der Waals surface area contributed by atoms with Gasteiger partial charge in [-0.2, -0.15) is 0 Å². The van der Waals surface area contributed by atoms with E-state index in [0.717, 1.165) is 39.2 Å². The zero-order valence-corrected chi connectivity index (χ0v) is 18.7. The van der Waals surface area contributed by atoms with Crippen molar-refractivity contribution in [1.82, 2.24) is 10.3 Å². The van der Waals surface area contributed by atoms with E-state index in [0.29, 0.717) is 11.2 Å². The van der Waals surface area contributed by atoms with Crippen molar-refractivity contribution in [3.63, 3.8) is 0 Å². The summed E-state index contributed by atoms with van der Waals surface area (Å²) in [5, 5.41) is 4.16. The molecule has 1 saturated carbocycles. The number of ether oxygens (including phenoxy) is 1. The molecule has 2 atom stereocenters. The topological polar surface area (TPSA) is 37.4 Å². The average Bonchev–Trinajstić information content (AvgIpc) is 3.50. The number of benzene rings is 1. The van der Waals surface area contributed by atoms with E-state index < -0.39 is 0 Å². The monoisotopic (exact) mass is 455 g/mol. The minimum absolute atomic E-state index is 0.0218. The molecule has 154 valence electrons. The zero-order valence-electron chi connectivity index (χ0n) is 16.3. The molecule has 1 aromatic carbocycles. The van der Waals surface area contributed by atoms with Crippen LogP contribution in [0, 0.1) is 0 Å². The van der Waals surface area contributed by atoms with Gasteiger partial charge >= 0.3 is 0 Å². The number of pyridine rings is 1. The van der Waals surface area contributed by atoms with Crippen molar-refractivity contribution >= 4 is 46.0 Å². The Kier molecular flexibility index (Phi) is 5.63. The number of hydrogen-bond donors (Lipinski definition) is 1. The average molecular weight is 456 g/mol. The van der Waals surface area contributed by atoms with E-state index in [1.165, 1.54) is 12.8 Å². The standard InChI is InChI=1S/C23H22ClN3OS2/c24-20-13-12-19(30-20)22-21(18-7-3-4-14-25-18)26-23(29)27(22)15-8-10-17(11-9-15)28-16-5-1-2-6-16/h3-4,7-14,16,21-22H,1-2,5-6H2,(H,26,29)/t21-,22+/m0/s1. The number of anilines is 1. The summed E-state index contributed by atoms with van der Waals surface area (Å²) < 4.78 is 6.90. The smallest absolute Gasteiger partial charge is 0.174 e. The quantitative estimate of drug-likeness (QED) is 0.457. The number of nitrogens with zero attached hydrogens (tertiary/aromatic N) is 2. The van der Waals surface area contributed by atoms with Crippen LogP contribution in [0.3, 0.4) is 0 Å². The van der Waals surface area contributed by atoms with Gasteiger partial charge in [0.1, 0.15) is 5.75 Å². The highest BCUT2D eigenvalue weighted by atomic mass is 35.5. The van der Waals surface area contributed by atoms with Crippen LogP contribution in [-0.2, 0) is 0 Å². The van der Waals surface area contributed by atoms with Gasteiger partial charge in [0.2, 0.25) is 0 Å². The first kappa shape index (κ1) is 19.8. The van der Waals surface area contributed by atoms with Crippen LogP contribution >= 0.6 is 35.2 Å². The lowest BCUT2D eigenvalue weighted by atomic mass is 10.0. The summed E-state index contributed by atoms with van der Waals surface area (Å²) in [5.74, 6) is 0.917. The molecule has 5 rings (SSSR count). The molecule has 0 radical (unpaired) electrons. The Bertz CT molecular complexity index is 1020. The molecular formula is C23H22ClN3OS2. The van der Waals surface area contributed by atoms with Gasteiger partial charge in [0, 0.05) is 16.8 Å². The fourth-order valence-electron chi connectivity index (χ4n) is 4.29. The lowest BCUT2D eigenvalue weighted by Gasteiger charge is -2.27. The zero-order chi connectivity index (χ0) is 20.5. The van der Waals surface area contributed by atoms with Crippen molar-refractivity contribution in [2.24, 2.45) is 0 Å². The van der Waals surface area contributed by atoms with Crippen LogP contribution in [0.5, 0.6) is 5.75 Å². The largest absolute Gasteiger partial charge is 0.490 e. The van der Waals surface area contributed by atoms with Crippen molar-refractivity contribution in [3.05, 3.63) is 75.7 Å². The van der Waals surface area contributed by atoms with E-state index in [1.807, 2.05) is 42.6 Å². The lowest BCUT2D eigenvalue weighted by molar-refractivity contribution is 0.210. The predicted molar refractivity (Wildman–Crippen MR) is 127 cm³/mol. The van der Waals surface area contributed by atoms with Crippen LogP contribution in [0.1, 0.15) is 48.3 Å². The Labute approximate surface area is 190 Å². The number of thiophene rings is 1. The Hall–Kier alpha value is -2.15. The third kappa shape index (κ3) is 3.92. The van der Waals surface area contributed by atoms with Gasteiger partial charge < -0.3 is 15.0 Å². The number of rotatable bonds is 5. The number of hydrogen-bond acceptors (Lipinski definition) is 4. The predicted octanol–water partition coefficient (Wildman–Crippen LogP) is 6.30. The number of thiocarbonyl (C=S) groups is 1. The molecule has 3 aromatic rings. The second kappa shape index (κ2) is 8.53. The highest BCUT2D eigenvalue weighted by molar-refractivity contribution is 7.80. The molecule has 1 saturated heterocycles. The molecule has 30 heavy (non-hydrogen) atoms. The van der Waals surface area contributed by atoms with E-state index in [-0.39, 0.29) is 12.1 Å². The van der Waals surface area contributed by atoms with Crippen LogP contribution < -0.4 is 15.0 Å². The van der Waals surface area contributed by atoms with Gasteiger partial charge in [0.05, 0.1) is 28.2 Å². The van der Waals surface area contributed by atoms with Crippen molar-refractivity contribution in [1.29, 1.82) is 0 Å². The van der Waals surface area contributed by atoms with Gasteiger partial charge in [-0.05, 0) is 86.4 Å². The van der Waals surface area contributed by atoms with Crippen molar-refractivity contribution in [2.45, 2.75) is 43.9 Å². The lowest BCUT2D eigenvalue weighted by Crippen LogP contribution is -2.29. The Morgan fingerprint density at radius 1 is 1.07 bits per heavy atom. The highest BCUT2D eigenvalue weighted by Gasteiger charge is 2.41. The molecule has 1 aliphatic heterocycles. The summed E-state index contributed by atoms with van der Waals surface area (Å²) in [7, 11) is 0. The van der Waals surface area contributed by atoms with Gasteiger partial charge in [-0.3, -0.25) is 4.98 Å². The molecule has 0 amide bonds. The summed E-state index contributed by atoms with van der Waals surface area (Å²) in [5.41, 5.74) is 1.98. The molecule has 0 unspecified atom stereocenters. The maximum absolute atomic E-state index is 6.28. The van der Waals surface area contributed by atoms with Gasteiger partial charge in [-0.15, -0.1) is 11.3 Å². The number of nitrogens with one attached hydrogen (secondary N) is 1. The normalized spacial score (nSPS) is 21.8. The molecule has 2 aliphatic rings. The van der Waals surface area contributed by atoms with E-state index in [2.05, 4.69) is 33.4 Å². The number of halogens is 1. The van der Waals surface area contributed by atoms with Gasteiger partial charge in [0.25, 0.3) is 0 Å². The summed E-state index contributed by atoms with van der Waals surface area (Å²) in [6.07, 6.45) is 6.98. The van der Waals surface area contributed by atoms with Crippen molar-refractivity contribution < 1.29 is 4.74 Å². The Balaban J connectivity index is 1.46. The van der Waals surface area contributed by atoms with Gasteiger partial charge in [-0.25, -0.2) is 0 Å². The van der Waals surface area contributed by atoms with Crippen LogP contribution in [0.2, 0.25) is 4.34 Å². The summed E-state index contributed by atoms with van der Waals surface area (Å²) in [6.45, 7) is 0. The highest BCUT2D eigenvalue weighted by Crippen LogP contribution is 2.44. The van der Waals surface area contributed by atoms with E-state index in [4.69, 9.17) is 28.6 Å². The van der Waals surface area contributed by atoms with Crippen molar-refractivity contribution in [3.8, 4) is 5.75 Å². The summed E-state index contributed by atoms with van der Waals surface area (Å²) in [4.78, 5) is 7.89. The molecule has 0 spiro atoms. The minimum atomic E-state index is -0.0529. The molecule has 2 fully saturated rings. The maximum Gasteiger partial charge on any atom is 0.174 e. The molecule has 1 aliphatic carbocycles. The molecule has 7 heteroatoms. The molecular weight excluding hydrogens is 434 g/mol. The third-order valence-corrected chi connectivity index (χ3v) is 7.32. The van der Waals surface area contributed by atoms with Gasteiger partial charge in [0.15, 0.2) is 5.11 Å². The third-order valence-electron chi connectivity index (χ3n) is 5.70. The second-order valence-corrected chi connectivity index (χ2v) is 9.79. The van der Waals surface area contributed by atoms with E-state index in [9.17, 15) is 0 Å². The first-order chi connectivity index (χ1) is 14.7. The molecule has 1 N–H and O–H groups in total. The van der Waals surface area contributed by atoms with Crippen LogP contribution in [-0.4, -0.2) is 16.2 Å². The first-order valence-electron chi connectivity index (χ1n) is 10.2. The minimum Gasteiger partial charge on any atom is -0.490 e. The maximum atomic E-state index is 6.28. The van der Waals surface area contributed by atoms with Crippen molar-refractivity contribution in [2.75, 3.05) is 4.90 Å². The van der Waals surface area contributed by atoms with Crippen LogP contribution in [0.15, 0.2) is 60.8 Å². The first-order valence-corrected chi connectivity index (χ1v) is 11.8. The fourth-order valence-corrected chi connectivity index (χ4v) is 5.83. The molecule has 0 bridgehead atoms. The molecule has 4 nitrogen and oxygen atoms in total. The Morgan fingerprint density at radius 2 is 1.87 bits per heavy atom. The SMILES string of the molecule is S=C1N[C@@H](c2ccccn2)[C@@H](c2ccc(Cl)s2)N1c1ccc(OC2CCCC2)cc1. The Morgan fingerprint density at radius 3 is 2.53 bits per heavy atom. The molecule has 3 heterocycles. The van der Waals surface area contributed by atoms with Crippen LogP contribution in [0.25, 0.3) is 0 Å². The summed E-state index contributed by atoms with van der Waals surface area (Å²) in [6, 6.07) is 18.2. The fraction of sp³-hybridized carbons (Fsp3) is 0.304. The number of aromatic nitrogens is 1.